The van der Waals surface area contributed by atoms with Crippen LogP contribution < -0.4 is 5.32 Å². The van der Waals surface area contributed by atoms with Crippen LogP contribution in [0.2, 0.25) is 0 Å². The van der Waals surface area contributed by atoms with Crippen LogP contribution in [0.25, 0.3) is 0 Å². The number of carboxylic acid groups (broad SMARTS) is 1. The number of halogens is 2. The maximum absolute atomic E-state index is 12.5. The first-order chi connectivity index (χ1) is 10.5. The third kappa shape index (κ3) is 5.03. The average molecular weight is 327 g/mol. The van der Waals surface area contributed by atoms with Gasteiger partial charge in [0, 0.05) is 12.5 Å². The van der Waals surface area contributed by atoms with Gasteiger partial charge in [0.25, 0.3) is 6.43 Å². The maximum Gasteiger partial charge on any atom is 0.303 e. The first kappa shape index (κ1) is 16.3. The maximum atomic E-state index is 12.5. The molecule has 2 rings (SSSR count). The fourth-order valence-corrected chi connectivity index (χ4v) is 2.65. The van der Waals surface area contributed by atoms with Crippen LogP contribution in [0.1, 0.15) is 29.8 Å². The number of anilines is 1. The highest BCUT2D eigenvalue weighted by Crippen LogP contribution is 2.26. The molecule has 1 aromatic heterocycles. The van der Waals surface area contributed by atoms with E-state index in [1.807, 2.05) is 30.3 Å². The second-order valence-corrected chi connectivity index (χ2v) is 5.72. The first-order valence-corrected chi connectivity index (χ1v) is 7.50. The molecule has 2 aromatic rings. The summed E-state index contributed by atoms with van der Waals surface area (Å²) in [6, 6.07) is 9.33. The highest BCUT2D eigenvalue weighted by atomic mass is 32.1. The molecule has 0 radical (unpaired) electrons. The Morgan fingerprint density at radius 3 is 2.59 bits per heavy atom. The summed E-state index contributed by atoms with van der Waals surface area (Å²) in [5.41, 5.74) is 1.03. The zero-order valence-electron chi connectivity index (χ0n) is 11.6. The average Bonchev–Trinajstić information content (AvgIpc) is 2.94. The highest BCUT2D eigenvalue weighted by Gasteiger charge is 2.17. The lowest BCUT2D eigenvalue weighted by Crippen LogP contribution is -2.23. The largest absolute Gasteiger partial charge is 0.481 e. The zero-order valence-corrected chi connectivity index (χ0v) is 12.4. The summed E-state index contributed by atoms with van der Waals surface area (Å²) in [7, 11) is 0. The van der Waals surface area contributed by atoms with Crippen LogP contribution in [0, 0.1) is 0 Å². The minimum Gasteiger partial charge on any atom is -0.481 e. The number of nitrogens with zero attached hydrogens (tertiary/aromatic N) is 2. The van der Waals surface area contributed by atoms with Gasteiger partial charge >= 0.3 is 5.97 Å². The molecule has 0 bridgehead atoms. The van der Waals surface area contributed by atoms with Gasteiger partial charge in [0.1, 0.15) is 0 Å². The van der Waals surface area contributed by atoms with Gasteiger partial charge < -0.3 is 10.4 Å². The minimum absolute atomic E-state index is 0.00892. The number of carboxylic acids is 1. The quantitative estimate of drug-likeness (QED) is 0.777. The van der Waals surface area contributed by atoms with Crippen LogP contribution >= 0.6 is 11.3 Å². The van der Waals surface area contributed by atoms with Gasteiger partial charge in [-0.1, -0.05) is 41.7 Å². The number of benzene rings is 1. The molecule has 0 aliphatic carbocycles. The summed E-state index contributed by atoms with van der Waals surface area (Å²) in [6.45, 7) is 0. The van der Waals surface area contributed by atoms with Crippen molar-refractivity contribution in [1.82, 2.24) is 10.2 Å². The lowest BCUT2D eigenvalue weighted by Gasteiger charge is -2.17. The van der Waals surface area contributed by atoms with Crippen molar-refractivity contribution in [3.05, 3.63) is 40.9 Å². The van der Waals surface area contributed by atoms with Crippen molar-refractivity contribution in [2.24, 2.45) is 0 Å². The first-order valence-electron chi connectivity index (χ1n) is 6.68. The zero-order chi connectivity index (χ0) is 15.9. The van der Waals surface area contributed by atoms with E-state index in [4.69, 9.17) is 5.11 Å². The van der Waals surface area contributed by atoms with E-state index in [0.29, 0.717) is 12.8 Å². The number of alkyl halides is 2. The van der Waals surface area contributed by atoms with E-state index < -0.39 is 12.4 Å². The third-order valence-corrected chi connectivity index (χ3v) is 3.85. The molecular formula is C14H15F2N3O2S. The summed E-state index contributed by atoms with van der Waals surface area (Å²) in [4.78, 5) is 10.7. The van der Waals surface area contributed by atoms with Gasteiger partial charge in [-0.3, -0.25) is 4.79 Å². The molecule has 0 aliphatic rings. The van der Waals surface area contributed by atoms with Crippen LogP contribution in [0.3, 0.4) is 0 Å². The minimum atomic E-state index is -2.65. The Morgan fingerprint density at radius 1 is 1.27 bits per heavy atom. The molecule has 0 fully saturated rings. The van der Waals surface area contributed by atoms with Crippen LogP contribution in [0.4, 0.5) is 13.9 Å². The molecular weight excluding hydrogens is 312 g/mol. The van der Waals surface area contributed by atoms with Gasteiger partial charge in [0.15, 0.2) is 5.01 Å². The van der Waals surface area contributed by atoms with Crippen molar-refractivity contribution in [3.63, 3.8) is 0 Å². The molecule has 0 aliphatic heterocycles. The van der Waals surface area contributed by atoms with Gasteiger partial charge in [-0.25, -0.2) is 8.78 Å². The summed E-state index contributed by atoms with van der Waals surface area (Å²) in [5, 5.41) is 18.8. The molecule has 1 aromatic carbocycles. The lowest BCUT2D eigenvalue weighted by atomic mass is 10.0. The highest BCUT2D eigenvalue weighted by molar-refractivity contribution is 7.15. The van der Waals surface area contributed by atoms with E-state index in [2.05, 4.69) is 15.5 Å². The fraction of sp³-hybridized carbons (Fsp3) is 0.357. The Morgan fingerprint density at radius 2 is 2.00 bits per heavy atom. The van der Waals surface area contributed by atoms with Gasteiger partial charge in [0.05, 0.1) is 0 Å². The van der Waals surface area contributed by atoms with Crippen molar-refractivity contribution in [2.45, 2.75) is 31.7 Å². The van der Waals surface area contributed by atoms with E-state index in [1.165, 1.54) is 0 Å². The summed E-state index contributed by atoms with van der Waals surface area (Å²) < 4.78 is 25.0. The molecule has 8 heteroatoms. The molecule has 118 valence electrons. The van der Waals surface area contributed by atoms with E-state index in [0.717, 1.165) is 16.9 Å². The van der Waals surface area contributed by atoms with E-state index in [1.54, 1.807) is 0 Å². The fourth-order valence-electron chi connectivity index (χ4n) is 1.98. The Labute approximate surface area is 130 Å². The smallest absolute Gasteiger partial charge is 0.303 e. The molecule has 1 heterocycles. The predicted molar refractivity (Wildman–Crippen MR) is 79.3 cm³/mol. The third-order valence-electron chi connectivity index (χ3n) is 2.99. The normalized spacial score (nSPS) is 12.3. The summed E-state index contributed by atoms with van der Waals surface area (Å²) in [6.07, 6.45) is -1.71. The monoisotopic (exact) mass is 327 g/mol. The molecule has 22 heavy (non-hydrogen) atoms. The summed E-state index contributed by atoms with van der Waals surface area (Å²) in [5.74, 6) is -0.898. The molecule has 0 saturated heterocycles. The second kappa shape index (κ2) is 7.79. The van der Waals surface area contributed by atoms with Crippen LogP contribution in [-0.2, 0) is 11.2 Å². The number of carbonyl (C=O) groups is 1. The van der Waals surface area contributed by atoms with Crippen LogP contribution in [0.5, 0.6) is 0 Å². The Bertz CT molecular complexity index is 607. The van der Waals surface area contributed by atoms with E-state index >= 15 is 0 Å². The lowest BCUT2D eigenvalue weighted by molar-refractivity contribution is -0.137. The van der Waals surface area contributed by atoms with E-state index in [-0.39, 0.29) is 22.6 Å². The standard InChI is InChI=1S/C14H15F2N3O2S/c15-12(16)13-18-19-14(22-13)17-10(6-7-11(20)21)8-9-4-2-1-3-5-9/h1-5,10,12H,6-8H2,(H,17,19)(H,20,21). The molecule has 2 N–H and O–H groups in total. The van der Waals surface area contributed by atoms with Gasteiger partial charge in [-0.05, 0) is 18.4 Å². The van der Waals surface area contributed by atoms with Gasteiger partial charge in [-0.2, -0.15) is 0 Å². The topological polar surface area (TPSA) is 75.1 Å². The van der Waals surface area contributed by atoms with Gasteiger partial charge in [-0.15, -0.1) is 10.2 Å². The molecule has 5 nitrogen and oxygen atoms in total. The Kier molecular flexibility index (Phi) is 5.76. The van der Waals surface area contributed by atoms with Crippen LogP contribution in [-0.4, -0.2) is 27.3 Å². The van der Waals surface area contributed by atoms with Crippen molar-refractivity contribution in [1.29, 1.82) is 0 Å². The predicted octanol–water partition coefficient (Wildman–Crippen LogP) is 3.36. The number of rotatable bonds is 8. The number of aliphatic carboxylic acids is 1. The molecule has 1 atom stereocenters. The Hall–Kier alpha value is -2.09. The molecule has 0 spiro atoms. The van der Waals surface area contributed by atoms with E-state index in [9.17, 15) is 13.6 Å². The van der Waals surface area contributed by atoms with Crippen molar-refractivity contribution < 1.29 is 18.7 Å². The number of nitrogens with one attached hydrogen (secondary N) is 1. The number of hydrogen-bond donors (Lipinski definition) is 2. The number of hydrogen-bond acceptors (Lipinski definition) is 5. The van der Waals surface area contributed by atoms with Crippen LogP contribution in [0.15, 0.2) is 30.3 Å². The second-order valence-electron chi connectivity index (χ2n) is 4.71. The van der Waals surface area contributed by atoms with Crippen molar-refractivity contribution >= 4 is 22.4 Å². The SMILES string of the molecule is O=C(O)CCC(Cc1ccccc1)Nc1nnc(C(F)F)s1. The summed E-state index contributed by atoms with van der Waals surface area (Å²) >= 11 is 0.783. The van der Waals surface area contributed by atoms with Crippen molar-refractivity contribution in [3.8, 4) is 0 Å². The van der Waals surface area contributed by atoms with Gasteiger partial charge in [0.2, 0.25) is 5.13 Å². The molecule has 1 unspecified atom stereocenters. The van der Waals surface area contributed by atoms with Crippen molar-refractivity contribution in [2.75, 3.05) is 5.32 Å². The molecule has 0 saturated carbocycles. The Balaban J connectivity index is 2.04. The molecule has 0 amide bonds. The number of aromatic nitrogens is 2.